The molecule has 0 aliphatic carbocycles. The van der Waals surface area contributed by atoms with E-state index in [9.17, 15) is 23.1 Å². The van der Waals surface area contributed by atoms with Gasteiger partial charge in [-0.2, -0.15) is 18.4 Å². The maximum Gasteiger partial charge on any atom is 0.419 e. The minimum atomic E-state index is -4.78. The summed E-state index contributed by atoms with van der Waals surface area (Å²) in [7, 11) is 0. The SMILES string of the molecule is N#Cc1ccc(C(F)(F)F)c(O)c1C(=O)CBr. The number of ketones is 1. The molecule has 0 unspecified atom stereocenters. The highest BCUT2D eigenvalue weighted by atomic mass is 79.9. The van der Waals surface area contributed by atoms with Gasteiger partial charge in [0, 0.05) is 0 Å². The standard InChI is InChI=1S/C10H5BrF3NO2/c11-3-7(16)8-5(4-15)1-2-6(9(8)17)10(12,13)14/h1-2,17H,3H2. The highest BCUT2D eigenvalue weighted by Crippen LogP contribution is 2.38. The van der Waals surface area contributed by atoms with E-state index >= 15 is 0 Å². The van der Waals surface area contributed by atoms with Gasteiger partial charge in [0.25, 0.3) is 0 Å². The van der Waals surface area contributed by atoms with Crippen molar-refractivity contribution in [2.24, 2.45) is 0 Å². The van der Waals surface area contributed by atoms with Crippen LogP contribution in [0.2, 0.25) is 0 Å². The number of rotatable bonds is 2. The van der Waals surface area contributed by atoms with Gasteiger partial charge in [0.1, 0.15) is 11.8 Å². The topological polar surface area (TPSA) is 61.1 Å². The second-order valence-electron chi connectivity index (χ2n) is 3.05. The number of nitriles is 1. The van der Waals surface area contributed by atoms with E-state index in [1.54, 1.807) is 6.07 Å². The molecule has 3 nitrogen and oxygen atoms in total. The van der Waals surface area contributed by atoms with Gasteiger partial charge in [0.15, 0.2) is 5.78 Å². The summed E-state index contributed by atoms with van der Waals surface area (Å²) in [5, 5.41) is 17.8. The number of nitrogens with zero attached hydrogens (tertiary/aromatic N) is 1. The molecule has 1 aromatic rings. The molecule has 0 spiro atoms. The van der Waals surface area contributed by atoms with Crippen LogP contribution in [0.5, 0.6) is 5.75 Å². The second kappa shape index (κ2) is 4.75. The van der Waals surface area contributed by atoms with Gasteiger partial charge < -0.3 is 5.11 Å². The van der Waals surface area contributed by atoms with Crippen LogP contribution in [0.3, 0.4) is 0 Å². The van der Waals surface area contributed by atoms with E-state index < -0.39 is 28.8 Å². The van der Waals surface area contributed by atoms with Gasteiger partial charge in [-0.1, -0.05) is 15.9 Å². The molecule has 1 N–H and O–H groups in total. The van der Waals surface area contributed by atoms with Crippen LogP contribution in [-0.2, 0) is 6.18 Å². The molecule has 0 amide bonds. The lowest BCUT2D eigenvalue weighted by atomic mass is 10.00. The summed E-state index contributed by atoms with van der Waals surface area (Å²) >= 11 is 2.77. The number of carbonyl (C=O) groups is 1. The number of hydrogen-bond acceptors (Lipinski definition) is 3. The molecule has 0 aliphatic rings. The van der Waals surface area contributed by atoms with Crippen molar-refractivity contribution >= 4 is 21.7 Å². The number of alkyl halides is 4. The van der Waals surface area contributed by atoms with E-state index in [1.165, 1.54) is 0 Å². The van der Waals surface area contributed by atoms with E-state index in [0.717, 1.165) is 6.07 Å². The molecule has 0 aromatic heterocycles. The number of halogens is 4. The lowest BCUT2D eigenvalue weighted by Crippen LogP contribution is -2.11. The third kappa shape index (κ3) is 2.58. The molecule has 0 saturated heterocycles. The van der Waals surface area contributed by atoms with Gasteiger partial charge in [-0.15, -0.1) is 0 Å². The Labute approximate surface area is 103 Å². The maximum atomic E-state index is 12.5. The van der Waals surface area contributed by atoms with E-state index in [2.05, 4.69) is 15.9 Å². The lowest BCUT2D eigenvalue weighted by molar-refractivity contribution is -0.138. The fourth-order valence-corrected chi connectivity index (χ4v) is 1.54. The fourth-order valence-electron chi connectivity index (χ4n) is 1.26. The molecular weight excluding hydrogens is 303 g/mol. The Bertz CT molecular complexity index is 505. The van der Waals surface area contributed by atoms with Gasteiger partial charge in [-0.25, -0.2) is 0 Å². The fraction of sp³-hybridized carbons (Fsp3) is 0.200. The summed E-state index contributed by atoms with van der Waals surface area (Å²) < 4.78 is 37.4. The molecule has 0 atom stereocenters. The predicted molar refractivity (Wildman–Crippen MR) is 55.9 cm³/mol. The minimum absolute atomic E-state index is 0.281. The van der Waals surface area contributed by atoms with Crippen LogP contribution in [0.4, 0.5) is 13.2 Å². The quantitative estimate of drug-likeness (QED) is 0.675. The Balaban J connectivity index is 3.56. The number of Topliss-reactive ketones (excluding diaryl/α,β-unsaturated/α-hetero) is 1. The van der Waals surface area contributed by atoms with Gasteiger partial charge in [0.2, 0.25) is 0 Å². The Morgan fingerprint density at radius 3 is 2.47 bits per heavy atom. The van der Waals surface area contributed by atoms with Crippen LogP contribution in [0, 0.1) is 11.3 Å². The summed E-state index contributed by atoms with van der Waals surface area (Å²) in [5.41, 5.74) is -2.24. The lowest BCUT2D eigenvalue weighted by Gasteiger charge is -2.12. The number of phenolic OH excluding ortho intramolecular Hbond substituents is 1. The molecular formula is C10H5BrF3NO2. The van der Waals surface area contributed by atoms with Crippen molar-refractivity contribution in [2.45, 2.75) is 6.18 Å². The molecule has 0 saturated carbocycles. The van der Waals surface area contributed by atoms with Crippen LogP contribution in [0.1, 0.15) is 21.5 Å². The molecule has 0 aliphatic heterocycles. The molecule has 17 heavy (non-hydrogen) atoms. The first-order valence-electron chi connectivity index (χ1n) is 4.25. The average molecular weight is 308 g/mol. The van der Waals surface area contributed by atoms with Crippen LogP contribution >= 0.6 is 15.9 Å². The first-order chi connectivity index (χ1) is 7.82. The summed E-state index contributed by atoms with van der Waals surface area (Å²) in [6, 6.07) is 2.99. The Hall–Kier alpha value is -1.55. The molecule has 0 fully saturated rings. The van der Waals surface area contributed by atoms with Crippen molar-refractivity contribution in [2.75, 3.05) is 5.33 Å². The third-order valence-corrected chi connectivity index (χ3v) is 2.51. The molecule has 90 valence electrons. The van der Waals surface area contributed by atoms with Gasteiger partial charge >= 0.3 is 6.18 Å². The molecule has 1 rings (SSSR count). The maximum absolute atomic E-state index is 12.5. The molecule has 0 heterocycles. The van der Waals surface area contributed by atoms with Crippen molar-refractivity contribution in [3.05, 3.63) is 28.8 Å². The molecule has 0 bridgehead atoms. The summed E-state index contributed by atoms with van der Waals surface area (Å²) in [6.07, 6.45) is -4.78. The largest absolute Gasteiger partial charge is 0.507 e. The Kier molecular flexibility index (Phi) is 3.78. The van der Waals surface area contributed by atoms with Crippen LogP contribution in [0.25, 0.3) is 0 Å². The van der Waals surface area contributed by atoms with Crippen molar-refractivity contribution in [3.8, 4) is 11.8 Å². The van der Waals surface area contributed by atoms with Crippen molar-refractivity contribution in [1.82, 2.24) is 0 Å². The first kappa shape index (κ1) is 13.5. The molecule has 1 aromatic carbocycles. The van der Waals surface area contributed by atoms with Crippen LogP contribution in [0.15, 0.2) is 12.1 Å². The molecule has 0 radical (unpaired) electrons. The highest BCUT2D eigenvalue weighted by Gasteiger charge is 2.36. The Morgan fingerprint density at radius 2 is 2.06 bits per heavy atom. The number of aromatic hydroxyl groups is 1. The zero-order chi connectivity index (χ0) is 13.2. The van der Waals surface area contributed by atoms with Crippen LogP contribution < -0.4 is 0 Å². The zero-order valence-electron chi connectivity index (χ0n) is 8.18. The number of phenols is 1. The highest BCUT2D eigenvalue weighted by molar-refractivity contribution is 9.09. The summed E-state index contributed by atoms with van der Waals surface area (Å²) in [5.74, 6) is -1.99. The smallest absolute Gasteiger partial charge is 0.419 e. The van der Waals surface area contributed by atoms with Crippen molar-refractivity contribution in [3.63, 3.8) is 0 Å². The van der Waals surface area contributed by atoms with E-state index in [4.69, 9.17) is 5.26 Å². The number of benzene rings is 1. The monoisotopic (exact) mass is 307 g/mol. The number of carbonyl (C=O) groups excluding carboxylic acids is 1. The minimum Gasteiger partial charge on any atom is -0.507 e. The summed E-state index contributed by atoms with van der Waals surface area (Å²) in [6.45, 7) is 0. The van der Waals surface area contributed by atoms with Gasteiger partial charge in [0.05, 0.1) is 22.0 Å². The molecule has 7 heteroatoms. The van der Waals surface area contributed by atoms with E-state index in [-0.39, 0.29) is 10.9 Å². The second-order valence-corrected chi connectivity index (χ2v) is 3.61. The van der Waals surface area contributed by atoms with E-state index in [1.807, 2.05) is 0 Å². The van der Waals surface area contributed by atoms with Gasteiger partial charge in [-0.3, -0.25) is 4.79 Å². The average Bonchev–Trinajstić information content (AvgIpc) is 2.25. The van der Waals surface area contributed by atoms with Gasteiger partial charge in [-0.05, 0) is 12.1 Å². The van der Waals surface area contributed by atoms with E-state index in [0.29, 0.717) is 6.07 Å². The summed E-state index contributed by atoms with van der Waals surface area (Å²) in [4.78, 5) is 11.4. The van der Waals surface area contributed by atoms with Crippen molar-refractivity contribution in [1.29, 1.82) is 5.26 Å². The third-order valence-electron chi connectivity index (χ3n) is 2.00. The van der Waals surface area contributed by atoms with Crippen molar-refractivity contribution < 1.29 is 23.1 Å². The predicted octanol–water partition coefficient (Wildman–Crippen LogP) is 2.86. The number of hydrogen-bond donors (Lipinski definition) is 1. The van der Waals surface area contributed by atoms with Crippen LogP contribution in [-0.4, -0.2) is 16.2 Å². The first-order valence-corrected chi connectivity index (χ1v) is 5.37. The zero-order valence-corrected chi connectivity index (χ0v) is 9.76. The normalized spacial score (nSPS) is 11.0. The Morgan fingerprint density at radius 1 is 1.47 bits per heavy atom.